The number of carbonyl (C=O) groups is 1. The molecule has 1 unspecified atom stereocenters. The van der Waals surface area contributed by atoms with Crippen molar-refractivity contribution in [1.29, 1.82) is 0 Å². The highest BCUT2D eigenvalue weighted by atomic mass is 19.1. The summed E-state index contributed by atoms with van der Waals surface area (Å²) in [5, 5.41) is 3.15. The summed E-state index contributed by atoms with van der Waals surface area (Å²) in [5.74, 6) is 0.0914. The molecule has 0 bridgehead atoms. The van der Waals surface area contributed by atoms with Crippen LogP contribution in [-0.2, 0) is 9.53 Å². The number of hydrogen-bond acceptors (Lipinski definition) is 4. The molecule has 0 aliphatic carbocycles. The molecule has 21 heavy (non-hydrogen) atoms. The maximum absolute atomic E-state index is 13.0. The zero-order valence-electron chi connectivity index (χ0n) is 12.9. The van der Waals surface area contributed by atoms with Crippen LogP contribution in [0.15, 0.2) is 18.2 Å². The van der Waals surface area contributed by atoms with Crippen LogP contribution < -0.4 is 10.1 Å². The van der Waals surface area contributed by atoms with Crippen molar-refractivity contribution in [2.75, 3.05) is 19.8 Å². The van der Waals surface area contributed by atoms with Gasteiger partial charge in [-0.25, -0.2) is 4.39 Å². The Kier molecular flexibility index (Phi) is 7.75. The molecule has 1 atom stereocenters. The molecule has 0 aromatic heterocycles. The van der Waals surface area contributed by atoms with Crippen LogP contribution in [0.25, 0.3) is 0 Å². The molecule has 0 amide bonds. The number of carbonyl (C=O) groups excluding carboxylic acids is 1. The third-order valence-electron chi connectivity index (χ3n) is 3.01. The van der Waals surface area contributed by atoms with E-state index < -0.39 is 0 Å². The lowest BCUT2D eigenvalue weighted by molar-refractivity contribution is -0.146. The van der Waals surface area contributed by atoms with Gasteiger partial charge in [-0.1, -0.05) is 6.92 Å². The van der Waals surface area contributed by atoms with Gasteiger partial charge < -0.3 is 14.8 Å². The van der Waals surface area contributed by atoms with Gasteiger partial charge in [-0.2, -0.15) is 0 Å². The summed E-state index contributed by atoms with van der Waals surface area (Å²) in [7, 11) is 0. The van der Waals surface area contributed by atoms with Crippen LogP contribution in [0.4, 0.5) is 4.39 Å². The van der Waals surface area contributed by atoms with Crippen LogP contribution in [0, 0.1) is 12.7 Å². The Hall–Kier alpha value is -1.62. The summed E-state index contributed by atoms with van der Waals surface area (Å²) in [6.45, 7) is 7.09. The van der Waals surface area contributed by atoms with E-state index in [0.717, 1.165) is 18.5 Å². The van der Waals surface area contributed by atoms with Crippen molar-refractivity contribution in [3.05, 3.63) is 29.6 Å². The Labute approximate surface area is 125 Å². The number of ether oxygens (including phenoxy) is 2. The van der Waals surface area contributed by atoms with Gasteiger partial charge in [0.1, 0.15) is 17.6 Å². The lowest BCUT2D eigenvalue weighted by Gasteiger charge is -2.17. The smallest absolute Gasteiger partial charge is 0.323 e. The van der Waals surface area contributed by atoms with E-state index in [1.165, 1.54) is 12.1 Å². The summed E-state index contributed by atoms with van der Waals surface area (Å²) in [6, 6.07) is 4.02. The molecular formula is C16H24FNO3. The maximum atomic E-state index is 13.0. The number of halogens is 1. The minimum absolute atomic E-state index is 0.259. The predicted octanol–water partition coefficient (Wildman–Crippen LogP) is 2.83. The van der Waals surface area contributed by atoms with E-state index in [1.54, 1.807) is 19.9 Å². The highest BCUT2D eigenvalue weighted by molar-refractivity contribution is 5.75. The number of rotatable bonds is 9. The van der Waals surface area contributed by atoms with Crippen molar-refractivity contribution in [3.63, 3.8) is 0 Å². The average Bonchev–Trinajstić information content (AvgIpc) is 2.44. The van der Waals surface area contributed by atoms with Gasteiger partial charge >= 0.3 is 5.97 Å². The van der Waals surface area contributed by atoms with Gasteiger partial charge in [0, 0.05) is 6.42 Å². The molecule has 118 valence electrons. The Balaban J connectivity index is 2.50. The number of hydrogen-bond donors (Lipinski definition) is 1. The molecule has 0 aliphatic rings. The molecular weight excluding hydrogens is 273 g/mol. The standard InChI is InChI=1S/C16H24FNO3/c1-4-9-18-14(16(19)20-5-2)8-10-21-15-7-6-13(17)11-12(15)3/h6-7,11,14,18H,4-5,8-10H2,1-3H3. The Bertz CT molecular complexity index is 451. The Morgan fingerprint density at radius 2 is 2.14 bits per heavy atom. The zero-order chi connectivity index (χ0) is 15.7. The van der Waals surface area contributed by atoms with Crippen LogP contribution in [0.3, 0.4) is 0 Å². The lowest BCUT2D eigenvalue weighted by atomic mass is 10.2. The highest BCUT2D eigenvalue weighted by Crippen LogP contribution is 2.18. The second kappa shape index (κ2) is 9.34. The van der Waals surface area contributed by atoms with E-state index in [9.17, 15) is 9.18 Å². The maximum Gasteiger partial charge on any atom is 0.323 e. The normalized spacial score (nSPS) is 12.0. The topological polar surface area (TPSA) is 47.6 Å². The minimum Gasteiger partial charge on any atom is -0.493 e. The van der Waals surface area contributed by atoms with Crippen LogP contribution in [0.1, 0.15) is 32.3 Å². The van der Waals surface area contributed by atoms with E-state index >= 15 is 0 Å². The van der Waals surface area contributed by atoms with Gasteiger partial charge in [0.05, 0.1) is 13.2 Å². The van der Waals surface area contributed by atoms with Gasteiger partial charge in [-0.15, -0.1) is 0 Å². The third-order valence-corrected chi connectivity index (χ3v) is 3.01. The van der Waals surface area contributed by atoms with Crippen molar-refractivity contribution in [2.45, 2.75) is 39.7 Å². The largest absolute Gasteiger partial charge is 0.493 e. The first-order valence-corrected chi connectivity index (χ1v) is 7.37. The predicted molar refractivity (Wildman–Crippen MR) is 80.0 cm³/mol. The number of benzene rings is 1. The fraction of sp³-hybridized carbons (Fsp3) is 0.562. The van der Waals surface area contributed by atoms with Crippen molar-refractivity contribution in [1.82, 2.24) is 5.32 Å². The highest BCUT2D eigenvalue weighted by Gasteiger charge is 2.18. The van der Waals surface area contributed by atoms with Crippen LogP contribution in [0.2, 0.25) is 0 Å². The van der Waals surface area contributed by atoms with E-state index in [2.05, 4.69) is 5.32 Å². The second-order valence-electron chi connectivity index (χ2n) is 4.81. The summed E-state index contributed by atoms with van der Waals surface area (Å²) in [6.07, 6.45) is 1.45. The SMILES string of the molecule is CCCNC(CCOc1ccc(F)cc1C)C(=O)OCC. The van der Waals surface area contributed by atoms with Gasteiger partial charge in [0.15, 0.2) is 0 Å². The van der Waals surface area contributed by atoms with Gasteiger partial charge in [0.25, 0.3) is 0 Å². The van der Waals surface area contributed by atoms with Crippen LogP contribution in [-0.4, -0.2) is 31.8 Å². The molecule has 0 aliphatic heterocycles. The molecule has 0 radical (unpaired) electrons. The van der Waals surface area contributed by atoms with Gasteiger partial charge in [-0.05, 0) is 50.6 Å². The first-order valence-electron chi connectivity index (χ1n) is 7.37. The van der Waals surface area contributed by atoms with E-state index in [4.69, 9.17) is 9.47 Å². The number of esters is 1. The first-order chi connectivity index (χ1) is 10.1. The van der Waals surface area contributed by atoms with Crippen molar-refractivity contribution in [2.24, 2.45) is 0 Å². The molecule has 0 heterocycles. The average molecular weight is 297 g/mol. The molecule has 0 saturated carbocycles. The summed E-state index contributed by atoms with van der Waals surface area (Å²) >= 11 is 0. The van der Waals surface area contributed by atoms with Gasteiger partial charge in [0.2, 0.25) is 0 Å². The van der Waals surface area contributed by atoms with Crippen LogP contribution in [0.5, 0.6) is 5.75 Å². The second-order valence-corrected chi connectivity index (χ2v) is 4.81. The van der Waals surface area contributed by atoms with Crippen molar-refractivity contribution in [3.8, 4) is 5.75 Å². The van der Waals surface area contributed by atoms with E-state index in [0.29, 0.717) is 25.4 Å². The minimum atomic E-state index is -0.370. The molecule has 0 fully saturated rings. The Morgan fingerprint density at radius 1 is 1.38 bits per heavy atom. The molecule has 4 nitrogen and oxygen atoms in total. The molecule has 0 spiro atoms. The molecule has 0 saturated heterocycles. The third kappa shape index (κ3) is 6.12. The summed E-state index contributed by atoms with van der Waals surface area (Å²) in [4.78, 5) is 11.8. The molecule has 5 heteroatoms. The Morgan fingerprint density at radius 3 is 2.76 bits per heavy atom. The molecule has 1 aromatic carbocycles. The van der Waals surface area contributed by atoms with Crippen molar-refractivity contribution >= 4 is 5.97 Å². The monoisotopic (exact) mass is 297 g/mol. The van der Waals surface area contributed by atoms with Crippen LogP contribution >= 0.6 is 0 Å². The molecule has 1 aromatic rings. The number of nitrogens with one attached hydrogen (secondary N) is 1. The zero-order valence-corrected chi connectivity index (χ0v) is 12.9. The summed E-state index contributed by atoms with van der Waals surface area (Å²) in [5.41, 5.74) is 0.740. The fourth-order valence-electron chi connectivity index (χ4n) is 1.93. The van der Waals surface area contributed by atoms with E-state index in [1.807, 2.05) is 6.92 Å². The fourth-order valence-corrected chi connectivity index (χ4v) is 1.93. The molecule has 1 N–H and O–H groups in total. The lowest BCUT2D eigenvalue weighted by Crippen LogP contribution is -2.39. The van der Waals surface area contributed by atoms with Gasteiger partial charge in [-0.3, -0.25) is 4.79 Å². The van der Waals surface area contributed by atoms with E-state index in [-0.39, 0.29) is 17.8 Å². The van der Waals surface area contributed by atoms with Crippen molar-refractivity contribution < 1.29 is 18.7 Å². The molecule has 1 rings (SSSR count). The summed E-state index contributed by atoms with van der Waals surface area (Å²) < 4.78 is 23.7. The number of aryl methyl sites for hydroxylation is 1. The quantitative estimate of drug-likeness (QED) is 0.712. The first kappa shape index (κ1) is 17.4.